The number of hydrogen-bond donors (Lipinski definition) is 2. The molecule has 7 heteroatoms. The zero-order chi connectivity index (χ0) is 16.7. The molecule has 0 aliphatic carbocycles. The highest BCUT2D eigenvalue weighted by Crippen LogP contribution is 2.20. The molecule has 0 aromatic carbocycles. The lowest BCUT2D eigenvalue weighted by atomic mass is 9.91. The molecular weight excluding hydrogens is 300 g/mol. The fourth-order valence-corrected chi connectivity index (χ4v) is 3.07. The molecule has 2 aliphatic heterocycles. The Balaban J connectivity index is 2.01. The summed E-state index contributed by atoms with van der Waals surface area (Å²) in [6.45, 7) is 3.17. The second kappa shape index (κ2) is 8.86. The second-order valence-electron chi connectivity index (χ2n) is 6.05. The van der Waals surface area contributed by atoms with E-state index in [9.17, 15) is 14.4 Å². The summed E-state index contributed by atoms with van der Waals surface area (Å²) in [5.74, 6) is -0.813. The van der Waals surface area contributed by atoms with Crippen molar-refractivity contribution in [3.8, 4) is 0 Å². The Morgan fingerprint density at radius 1 is 1.30 bits per heavy atom. The van der Waals surface area contributed by atoms with E-state index >= 15 is 0 Å². The van der Waals surface area contributed by atoms with E-state index in [0.717, 1.165) is 12.8 Å². The van der Waals surface area contributed by atoms with E-state index in [1.165, 1.54) is 0 Å². The minimum atomic E-state index is -0.675. The molecular formula is C16H26N2O5. The molecule has 2 saturated heterocycles. The number of esters is 1. The molecule has 130 valence electrons. The highest BCUT2D eigenvalue weighted by molar-refractivity contribution is 5.91. The molecule has 0 bridgehead atoms. The summed E-state index contributed by atoms with van der Waals surface area (Å²) >= 11 is 0. The molecule has 2 amide bonds. The van der Waals surface area contributed by atoms with Crippen LogP contribution in [-0.2, 0) is 23.9 Å². The third-order valence-electron chi connectivity index (χ3n) is 4.37. The van der Waals surface area contributed by atoms with Gasteiger partial charge < -0.3 is 20.1 Å². The SMILES string of the molecule is CCOC(=O)[C@@H](NC(=O)[C@H]1CCCCC(=O)N1)C1CCOCC1. The molecule has 0 spiro atoms. The molecule has 0 unspecified atom stereocenters. The summed E-state index contributed by atoms with van der Waals surface area (Å²) in [7, 11) is 0. The molecule has 0 aromatic rings. The van der Waals surface area contributed by atoms with E-state index in [1.807, 2.05) is 0 Å². The summed E-state index contributed by atoms with van der Waals surface area (Å²) in [6, 6.07) is -1.24. The Kier molecular flexibility index (Phi) is 6.83. The van der Waals surface area contributed by atoms with Crippen molar-refractivity contribution in [2.24, 2.45) is 5.92 Å². The van der Waals surface area contributed by atoms with Gasteiger partial charge in [-0.15, -0.1) is 0 Å². The van der Waals surface area contributed by atoms with Crippen LogP contribution >= 0.6 is 0 Å². The van der Waals surface area contributed by atoms with Crippen LogP contribution in [0.15, 0.2) is 0 Å². The summed E-state index contributed by atoms with van der Waals surface area (Å²) in [5, 5.41) is 5.54. The first-order valence-corrected chi connectivity index (χ1v) is 8.46. The van der Waals surface area contributed by atoms with Crippen molar-refractivity contribution in [1.82, 2.24) is 10.6 Å². The van der Waals surface area contributed by atoms with E-state index in [0.29, 0.717) is 38.9 Å². The van der Waals surface area contributed by atoms with Crippen molar-refractivity contribution >= 4 is 17.8 Å². The van der Waals surface area contributed by atoms with Crippen LogP contribution in [0.25, 0.3) is 0 Å². The maximum Gasteiger partial charge on any atom is 0.328 e. The van der Waals surface area contributed by atoms with Gasteiger partial charge in [-0.25, -0.2) is 4.79 Å². The van der Waals surface area contributed by atoms with Gasteiger partial charge in [0, 0.05) is 19.6 Å². The Morgan fingerprint density at radius 2 is 2.04 bits per heavy atom. The first-order valence-electron chi connectivity index (χ1n) is 8.46. The van der Waals surface area contributed by atoms with Crippen molar-refractivity contribution in [3.05, 3.63) is 0 Å². The zero-order valence-electron chi connectivity index (χ0n) is 13.6. The fourth-order valence-electron chi connectivity index (χ4n) is 3.07. The number of hydrogen-bond acceptors (Lipinski definition) is 5. The molecule has 2 fully saturated rings. The normalized spacial score (nSPS) is 24.2. The summed E-state index contributed by atoms with van der Waals surface area (Å²) in [5.41, 5.74) is 0. The van der Waals surface area contributed by atoms with Gasteiger partial charge in [-0.2, -0.15) is 0 Å². The van der Waals surface area contributed by atoms with Gasteiger partial charge in [0.25, 0.3) is 0 Å². The Labute approximate surface area is 136 Å². The molecule has 23 heavy (non-hydrogen) atoms. The predicted molar refractivity (Wildman–Crippen MR) is 82.5 cm³/mol. The minimum absolute atomic E-state index is 0.00762. The first-order chi connectivity index (χ1) is 11.1. The Morgan fingerprint density at radius 3 is 2.74 bits per heavy atom. The van der Waals surface area contributed by atoms with Gasteiger partial charge in [-0.3, -0.25) is 9.59 Å². The molecule has 0 radical (unpaired) electrons. The van der Waals surface area contributed by atoms with Crippen LogP contribution in [-0.4, -0.2) is 49.7 Å². The molecule has 2 atom stereocenters. The third kappa shape index (κ3) is 5.20. The smallest absolute Gasteiger partial charge is 0.328 e. The van der Waals surface area contributed by atoms with Crippen molar-refractivity contribution in [2.75, 3.05) is 19.8 Å². The summed E-state index contributed by atoms with van der Waals surface area (Å²) < 4.78 is 10.4. The minimum Gasteiger partial charge on any atom is -0.464 e. The second-order valence-corrected chi connectivity index (χ2v) is 6.05. The number of carbonyl (C=O) groups is 3. The van der Waals surface area contributed by atoms with Crippen molar-refractivity contribution < 1.29 is 23.9 Å². The molecule has 2 N–H and O–H groups in total. The van der Waals surface area contributed by atoms with E-state index in [4.69, 9.17) is 9.47 Å². The molecule has 7 nitrogen and oxygen atoms in total. The molecule has 0 saturated carbocycles. The monoisotopic (exact) mass is 326 g/mol. The number of rotatable bonds is 5. The highest BCUT2D eigenvalue weighted by Gasteiger charge is 2.34. The maximum atomic E-state index is 12.5. The third-order valence-corrected chi connectivity index (χ3v) is 4.37. The van der Waals surface area contributed by atoms with Crippen LogP contribution in [0.2, 0.25) is 0 Å². The van der Waals surface area contributed by atoms with Gasteiger partial charge in [0.2, 0.25) is 11.8 Å². The highest BCUT2D eigenvalue weighted by atomic mass is 16.5. The number of nitrogens with one attached hydrogen (secondary N) is 2. The molecule has 2 heterocycles. The largest absolute Gasteiger partial charge is 0.464 e. The van der Waals surface area contributed by atoms with Crippen molar-refractivity contribution in [2.45, 2.75) is 57.5 Å². The van der Waals surface area contributed by atoms with Gasteiger partial charge in [-0.05, 0) is 38.5 Å². The molecule has 2 aliphatic rings. The quantitative estimate of drug-likeness (QED) is 0.718. The Hall–Kier alpha value is -1.63. The van der Waals surface area contributed by atoms with Crippen LogP contribution in [0.3, 0.4) is 0 Å². The topological polar surface area (TPSA) is 93.7 Å². The van der Waals surface area contributed by atoms with Crippen LogP contribution < -0.4 is 10.6 Å². The van der Waals surface area contributed by atoms with Crippen molar-refractivity contribution in [3.63, 3.8) is 0 Å². The lowest BCUT2D eigenvalue weighted by Crippen LogP contribution is -2.54. The summed E-state index contributed by atoms with van der Waals surface area (Å²) in [6.07, 6.45) is 4.07. The zero-order valence-corrected chi connectivity index (χ0v) is 13.6. The van der Waals surface area contributed by atoms with Gasteiger partial charge >= 0.3 is 5.97 Å². The van der Waals surface area contributed by atoms with Crippen LogP contribution in [0.4, 0.5) is 0 Å². The van der Waals surface area contributed by atoms with Gasteiger partial charge in [0.1, 0.15) is 12.1 Å². The van der Waals surface area contributed by atoms with E-state index in [-0.39, 0.29) is 24.3 Å². The maximum absolute atomic E-state index is 12.5. The van der Waals surface area contributed by atoms with Crippen LogP contribution in [0.5, 0.6) is 0 Å². The fraction of sp³-hybridized carbons (Fsp3) is 0.812. The van der Waals surface area contributed by atoms with Crippen molar-refractivity contribution in [1.29, 1.82) is 0 Å². The van der Waals surface area contributed by atoms with Gasteiger partial charge in [0.15, 0.2) is 0 Å². The van der Waals surface area contributed by atoms with Crippen LogP contribution in [0.1, 0.15) is 45.4 Å². The Bertz CT molecular complexity index is 434. The standard InChI is InChI=1S/C16H26N2O5/c1-2-23-16(21)14(11-7-9-22-10-8-11)18-15(20)12-5-3-4-6-13(19)17-12/h11-12,14H,2-10H2,1H3,(H,17,19)(H,18,20)/t12-,14+/m1/s1. The van der Waals surface area contributed by atoms with E-state index in [2.05, 4.69) is 10.6 Å². The van der Waals surface area contributed by atoms with E-state index in [1.54, 1.807) is 6.92 Å². The predicted octanol–water partition coefficient (Wildman–Crippen LogP) is 0.520. The van der Waals surface area contributed by atoms with Gasteiger partial charge in [-0.1, -0.05) is 6.42 Å². The van der Waals surface area contributed by atoms with E-state index < -0.39 is 18.1 Å². The number of carbonyl (C=O) groups excluding carboxylic acids is 3. The lowest BCUT2D eigenvalue weighted by Gasteiger charge is -2.30. The average Bonchev–Trinajstić information content (AvgIpc) is 2.78. The average molecular weight is 326 g/mol. The molecule has 0 aromatic heterocycles. The van der Waals surface area contributed by atoms with Gasteiger partial charge in [0.05, 0.1) is 6.61 Å². The molecule has 2 rings (SSSR count). The van der Waals surface area contributed by atoms with Crippen LogP contribution in [0, 0.1) is 5.92 Å². The number of ether oxygens (including phenoxy) is 2. The first kappa shape index (κ1) is 17.7. The summed E-state index contributed by atoms with van der Waals surface area (Å²) in [4.78, 5) is 36.3. The lowest BCUT2D eigenvalue weighted by molar-refractivity contribution is -0.150. The number of amides is 2.